The number of hydrogen-bond donors (Lipinski definition) is 1. The molecule has 0 aromatic heterocycles. The van der Waals surface area contributed by atoms with E-state index >= 15 is 0 Å². The maximum absolute atomic E-state index is 10.3. The van der Waals surface area contributed by atoms with Crippen LogP contribution < -0.4 is 0 Å². The summed E-state index contributed by atoms with van der Waals surface area (Å²) in [5.41, 5.74) is 0. The molecule has 0 aliphatic heterocycles. The average Bonchev–Trinajstić information content (AvgIpc) is 2.60. The first kappa shape index (κ1) is 24.2. The van der Waals surface area contributed by atoms with Crippen molar-refractivity contribution in [2.75, 3.05) is 0 Å². The molecule has 0 aliphatic carbocycles. The minimum atomic E-state index is -0.737. The monoisotopic (exact) mass is 352 g/mol. The van der Waals surface area contributed by atoms with Gasteiger partial charge in [-0.25, -0.2) is 0 Å². The van der Waals surface area contributed by atoms with Gasteiger partial charge < -0.3 is 5.11 Å². The minimum Gasteiger partial charge on any atom is -0.481 e. The van der Waals surface area contributed by atoms with Gasteiger partial charge in [-0.05, 0) is 12.8 Å². The largest absolute Gasteiger partial charge is 0.481 e. The Labute approximate surface area is 157 Å². The van der Waals surface area contributed by atoms with Crippen LogP contribution in [-0.4, -0.2) is 11.1 Å². The summed E-state index contributed by atoms with van der Waals surface area (Å²) in [5.74, 6) is -0.737. The Kier molecular flexibility index (Phi) is 20.6. The highest BCUT2D eigenvalue weighted by Gasteiger charge is 1.95. The summed E-state index contributed by atoms with van der Waals surface area (Å²) in [6.45, 7) is 2.28. The molecule has 0 bridgehead atoms. The molecule has 0 rings (SSSR count). The second-order valence-corrected chi connectivity index (χ2v) is 7.51. The molecule has 25 heavy (non-hydrogen) atoms. The molecule has 2 nitrogen and oxygen atoms in total. The van der Waals surface area contributed by atoms with Crippen LogP contribution in [0.15, 0.2) is 12.2 Å². The van der Waals surface area contributed by atoms with Crippen LogP contribution in [0, 0.1) is 0 Å². The number of carboxylic acid groups (broad SMARTS) is 1. The fourth-order valence-electron chi connectivity index (χ4n) is 3.29. The van der Waals surface area contributed by atoms with E-state index in [4.69, 9.17) is 5.11 Å². The fourth-order valence-corrected chi connectivity index (χ4v) is 3.29. The molecule has 0 radical (unpaired) electrons. The Balaban J connectivity index is 3.03. The summed E-state index contributed by atoms with van der Waals surface area (Å²) < 4.78 is 0. The SMILES string of the molecule is CCCCCCCCCCCCCCCCCCCC=CCC(=O)O. The van der Waals surface area contributed by atoms with Gasteiger partial charge in [0.2, 0.25) is 0 Å². The lowest BCUT2D eigenvalue weighted by atomic mass is 10.0. The van der Waals surface area contributed by atoms with Crippen LogP contribution in [0.1, 0.15) is 129 Å². The highest BCUT2D eigenvalue weighted by atomic mass is 16.4. The Morgan fingerprint density at radius 3 is 1.32 bits per heavy atom. The number of rotatable bonds is 20. The van der Waals surface area contributed by atoms with Crippen LogP contribution in [0.25, 0.3) is 0 Å². The maximum Gasteiger partial charge on any atom is 0.307 e. The third-order valence-corrected chi connectivity index (χ3v) is 4.93. The minimum absolute atomic E-state index is 0.166. The van der Waals surface area contributed by atoms with Crippen LogP contribution in [0.2, 0.25) is 0 Å². The van der Waals surface area contributed by atoms with E-state index in [1.54, 1.807) is 6.08 Å². The average molecular weight is 353 g/mol. The van der Waals surface area contributed by atoms with Crippen LogP contribution in [0.5, 0.6) is 0 Å². The number of unbranched alkanes of at least 4 members (excludes halogenated alkanes) is 17. The van der Waals surface area contributed by atoms with E-state index in [2.05, 4.69) is 6.92 Å². The molecule has 2 heteroatoms. The molecular weight excluding hydrogens is 308 g/mol. The maximum atomic E-state index is 10.3. The third-order valence-electron chi connectivity index (χ3n) is 4.93. The molecule has 0 saturated heterocycles. The molecule has 0 aromatic rings. The van der Waals surface area contributed by atoms with Crippen LogP contribution in [0.4, 0.5) is 0 Å². The molecule has 0 aliphatic rings. The molecule has 0 fully saturated rings. The molecule has 0 spiro atoms. The molecule has 1 N–H and O–H groups in total. The first-order valence-corrected chi connectivity index (χ1v) is 11.1. The quantitative estimate of drug-likeness (QED) is 0.178. The van der Waals surface area contributed by atoms with E-state index in [1.165, 1.54) is 109 Å². The molecule has 0 unspecified atom stereocenters. The van der Waals surface area contributed by atoms with Crippen molar-refractivity contribution in [1.29, 1.82) is 0 Å². The first-order chi connectivity index (χ1) is 12.3. The van der Waals surface area contributed by atoms with Crippen molar-refractivity contribution in [3.05, 3.63) is 12.2 Å². The molecule has 0 atom stereocenters. The summed E-state index contributed by atoms with van der Waals surface area (Å²) >= 11 is 0. The van der Waals surface area contributed by atoms with Crippen LogP contribution in [-0.2, 0) is 4.79 Å². The van der Waals surface area contributed by atoms with Crippen molar-refractivity contribution in [3.8, 4) is 0 Å². The highest BCUT2D eigenvalue weighted by molar-refractivity contribution is 5.68. The summed E-state index contributed by atoms with van der Waals surface area (Å²) in [7, 11) is 0. The number of hydrogen-bond acceptors (Lipinski definition) is 1. The Morgan fingerprint density at radius 1 is 0.600 bits per heavy atom. The summed E-state index contributed by atoms with van der Waals surface area (Å²) in [4.78, 5) is 10.3. The van der Waals surface area contributed by atoms with Gasteiger partial charge in [-0.2, -0.15) is 0 Å². The normalized spacial score (nSPS) is 11.4. The van der Waals surface area contributed by atoms with Gasteiger partial charge in [0.15, 0.2) is 0 Å². The van der Waals surface area contributed by atoms with Crippen molar-refractivity contribution in [2.24, 2.45) is 0 Å². The number of carboxylic acids is 1. The zero-order valence-corrected chi connectivity index (χ0v) is 16.9. The summed E-state index contributed by atoms with van der Waals surface area (Å²) in [5, 5.41) is 8.51. The summed E-state index contributed by atoms with van der Waals surface area (Å²) in [6.07, 6.45) is 28.8. The lowest BCUT2D eigenvalue weighted by Crippen LogP contribution is -1.89. The van der Waals surface area contributed by atoms with Gasteiger partial charge >= 0.3 is 5.97 Å². The van der Waals surface area contributed by atoms with Crippen molar-refractivity contribution < 1.29 is 9.90 Å². The lowest BCUT2D eigenvalue weighted by molar-refractivity contribution is -0.136. The molecule has 0 amide bonds. The van der Waals surface area contributed by atoms with Crippen molar-refractivity contribution >= 4 is 5.97 Å². The van der Waals surface area contributed by atoms with E-state index in [0.717, 1.165) is 6.42 Å². The van der Waals surface area contributed by atoms with Gasteiger partial charge in [-0.3, -0.25) is 4.79 Å². The molecule has 0 heterocycles. The predicted molar refractivity (Wildman–Crippen MR) is 110 cm³/mol. The van der Waals surface area contributed by atoms with Crippen molar-refractivity contribution in [3.63, 3.8) is 0 Å². The first-order valence-electron chi connectivity index (χ1n) is 11.1. The van der Waals surface area contributed by atoms with E-state index in [9.17, 15) is 4.79 Å². The van der Waals surface area contributed by atoms with Gasteiger partial charge in [0.1, 0.15) is 0 Å². The van der Waals surface area contributed by atoms with E-state index < -0.39 is 5.97 Å². The molecule has 148 valence electrons. The predicted octanol–water partition coefficient (Wildman–Crippen LogP) is 8.06. The van der Waals surface area contributed by atoms with Gasteiger partial charge in [-0.1, -0.05) is 122 Å². The zero-order chi connectivity index (χ0) is 18.4. The smallest absolute Gasteiger partial charge is 0.307 e. The Hall–Kier alpha value is -0.790. The highest BCUT2D eigenvalue weighted by Crippen LogP contribution is 2.14. The second kappa shape index (κ2) is 21.3. The van der Waals surface area contributed by atoms with E-state index in [-0.39, 0.29) is 6.42 Å². The second-order valence-electron chi connectivity index (χ2n) is 7.51. The number of aliphatic carboxylic acids is 1. The van der Waals surface area contributed by atoms with E-state index in [0.29, 0.717) is 0 Å². The Bertz CT molecular complexity index is 296. The zero-order valence-electron chi connectivity index (χ0n) is 16.9. The topological polar surface area (TPSA) is 37.3 Å². The van der Waals surface area contributed by atoms with Gasteiger partial charge in [0.25, 0.3) is 0 Å². The van der Waals surface area contributed by atoms with Crippen LogP contribution >= 0.6 is 0 Å². The molecular formula is C23H44O2. The number of allylic oxidation sites excluding steroid dienone is 1. The standard InChI is InChI=1S/C23H44O2/c1-2-3-4-5-6-7-8-9-10-11-12-13-14-15-16-17-18-19-20-21-22-23(24)25/h20-21H,2-19,22H2,1H3,(H,24,25). The van der Waals surface area contributed by atoms with Crippen molar-refractivity contribution in [2.45, 2.75) is 129 Å². The fraction of sp³-hybridized carbons (Fsp3) is 0.870. The number of carbonyl (C=O) groups is 1. The molecule has 0 saturated carbocycles. The van der Waals surface area contributed by atoms with Gasteiger partial charge in [0.05, 0.1) is 6.42 Å². The van der Waals surface area contributed by atoms with Crippen molar-refractivity contribution in [1.82, 2.24) is 0 Å². The Morgan fingerprint density at radius 2 is 0.960 bits per heavy atom. The van der Waals surface area contributed by atoms with Gasteiger partial charge in [0, 0.05) is 0 Å². The van der Waals surface area contributed by atoms with Gasteiger partial charge in [-0.15, -0.1) is 0 Å². The molecule has 0 aromatic carbocycles. The lowest BCUT2D eigenvalue weighted by Gasteiger charge is -2.03. The van der Waals surface area contributed by atoms with E-state index in [1.807, 2.05) is 6.08 Å². The third kappa shape index (κ3) is 23.2. The summed E-state index contributed by atoms with van der Waals surface area (Å²) in [6, 6.07) is 0. The van der Waals surface area contributed by atoms with Crippen LogP contribution in [0.3, 0.4) is 0 Å².